The number of para-hydroxylation sites is 1. The second kappa shape index (κ2) is 7.35. The highest BCUT2D eigenvalue weighted by atomic mass is 16.6. The summed E-state index contributed by atoms with van der Waals surface area (Å²) >= 11 is 0. The summed E-state index contributed by atoms with van der Waals surface area (Å²) in [6.07, 6.45) is -0.522. The van der Waals surface area contributed by atoms with Crippen LogP contribution >= 0.6 is 0 Å². The molecule has 7 nitrogen and oxygen atoms in total. The first kappa shape index (κ1) is 17.8. The summed E-state index contributed by atoms with van der Waals surface area (Å²) in [5.74, 6) is 0.572. The zero-order chi connectivity index (χ0) is 17.7. The fourth-order valence-electron chi connectivity index (χ4n) is 2.19. The Morgan fingerprint density at radius 3 is 2.71 bits per heavy atom. The summed E-state index contributed by atoms with van der Waals surface area (Å²) < 4.78 is 5.21. The Morgan fingerprint density at radius 2 is 2.04 bits per heavy atom. The molecule has 1 atom stereocenters. The van der Waals surface area contributed by atoms with Gasteiger partial charge in [-0.05, 0) is 32.9 Å². The number of nitrogens with two attached hydrogens (primary N) is 1. The van der Waals surface area contributed by atoms with Gasteiger partial charge in [-0.1, -0.05) is 12.1 Å². The number of amides is 1. The molecule has 2 rings (SSSR count). The number of aromatic amines is 1. The van der Waals surface area contributed by atoms with Crippen LogP contribution in [-0.4, -0.2) is 35.8 Å². The minimum Gasteiger partial charge on any atom is -0.444 e. The van der Waals surface area contributed by atoms with Gasteiger partial charge in [-0.15, -0.1) is 0 Å². The van der Waals surface area contributed by atoms with Crippen molar-refractivity contribution in [3.05, 3.63) is 40.6 Å². The van der Waals surface area contributed by atoms with Crippen LogP contribution in [0.1, 0.15) is 20.8 Å². The van der Waals surface area contributed by atoms with Crippen LogP contribution < -0.4 is 21.8 Å². The predicted molar refractivity (Wildman–Crippen MR) is 95.3 cm³/mol. The molecule has 0 fully saturated rings. The van der Waals surface area contributed by atoms with Crippen molar-refractivity contribution >= 4 is 22.8 Å². The molecule has 0 aliphatic heterocycles. The van der Waals surface area contributed by atoms with Crippen molar-refractivity contribution in [1.82, 2.24) is 10.3 Å². The molecule has 5 N–H and O–H groups in total. The topological polar surface area (TPSA) is 109 Å². The molecule has 0 saturated heterocycles. The standard InChI is InChI=1S/C17H24N4O3/c1-17(2,3)24-16(23)20-11(9-18)10-19-15-8-14(22)12-6-4-5-7-13(12)21-15/h4-8,11H,9-10,18H2,1-3H3,(H,20,23)(H2,19,21,22). The zero-order valence-electron chi connectivity index (χ0n) is 14.2. The first-order valence-corrected chi connectivity index (χ1v) is 7.84. The molecule has 1 aromatic heterocycles. The molecule has 7 heteroatoms. The molecule has 1 heterocycles. The fraction of sp³-hybridized carbons (Fsp3) is 0.412. The maximum atomic E-state index is 12.1. The van der Waals surface area contributed by atoms with Gasteiger partial charge in [0.1, 0.15) is 11.4 Å². The minimum absolute atomic E-state index is 0.0729. The molecule has 0 aliphatic carbocycles. The van der Waals surface area contributed by atoms with Crippen molar-refractivity contribution in [3.63, 3.8) is 0 Å². The lowest BCUT2D eigenvalue weighted by atomic mass is 10.2. The average molecular weight is 332 g/mol. The summed E-state index contributed by atoms with van der Waals surface area (Å²) in [6.45, 7) is 5.99. The number of fused-ring (bicyclic) bond motifs is 1. The molecule has 24 heavy (non-hydrogen) atoms. The van der Waals surface area contributed by atoms with Crippen LogP contribution in [0.15, 0.2) is 35.1 Å². The number of alkyl carbamates (subject to hydrolysis) is 1. The van der Waals surface area contributed by atoms with E-state index < -0.39 is 11.7 Å². The van der Waals surface area contributed by atoms with Gasteiger partial charge in [0.15, 0.2) is 5.43 Å². The molecule has 2 aromatic rings. The van der Waals surface area contributed by atoms with Crippen LogP contribution in [0, 0.1) is 0 Å². The van der Waals surface area contributed by atoms with Gasteiger partial charge in [0.25, 0.3) is 0 Å². The zero-order valence-corrected chi connectivity index (χ0v) is 14.2. The maximum absolute atomic E-state index is 12.1. The smallest absolute Gasteiger partial charge is 0.407 e. The van der Waals surface area contributed by atoms with E-state index in [0.29, 0.717) is 17.7 Å². The third kappa shape index (κ3) is 4.99. The number of carbonyl (C=O) groups is 1. The summed E-state index contributed by atoms with van der Waals surface area (Å²) in [6, 6.07) is 8.44. The number of rotatable bonds is 5. The van der Waals surface area contributed by atoms with Crippen molar-refractivity contribution in [1.29, 1.82) is 0 Å². The second-order valence-corrected chi connectivity index (χ2v) is 6.55. The van der Waals surface area contributed by atoms with E-state index in [1.165, 1.54) is 6.07 Å². The van der Waals surface area contributed by atoms with E-state index in [1.807, 2.05) is 18.2 Å². The molecule has 0 spiro atoms. The number of nitrogens with one attached hydrogen (secondary N) is 3. The average Bonchev–Trinajstić information content (AvgIpc) is 2.49. The van der Waals surface area contributed by atoms with Crippen LogP contribution in [0.5, 0.6) is 0 Å². The molecule has 130 valence electrons. The van der Waals surface area contributed by atoms with Gasteiger partial charge in [-0.25, -0.2) is 4.79 Å². The van der Waals surface area contributed by atoms with E-state index >= 15 is 0 Å². The molecular formula is C17H24N4O3. The summed E-state index contributed by atoms with van der Waals surface area (Å²) in [5.41, 5.74) is 5.79. The molecule has 0 aliphatic rings. The van der Waals surface area contributed by atoms with Gasteiger partial charge >= 0.3 is 6.09 Å². The van der Waals surface area contributed by atoms with Gasteiger partial charge < -0.3 is 26.1 Å². The summed E-state index contributed by atoms with van der Waals surface area (Å²) in [7, 11) is 0. The lowest BCUT2D eigenvalue weighted by Gasteiger charge is -2.23. The Labute approximate surface area is 140 Å². The third-order valence-electron chi connectivity index (χ3n) is 3.28. The Morgan fingerprint density at radius 1 is 1.33 bits per heavy atom. The molecule has 0 bridgehead atoms. The maximum Gasteiger partial charge on any atom is 0.407 e. The van der Waals surface area contributed by atoms with Crippen LogP contribution in [0.3, 0.4) is 0 Å². The molecule has 1 unspecified atom stereocenters. The van der Waals surface area contributed by atoms with Crippen molar-refractivity contribution < 1.29 is 9.53 Å². The van der Waals surface area contributed by atoms with E-state index in [4.69, 9.17) is 10.5 Å². The number of benzene rings is 1. The monoisotopic (exact) mass is 332 g/mol. The summed E-state index contributed by atoms with van der Waals surface area (Å²) in [4.78, 5) is 27.0. The predicted octanol–water partition coefficient (Wildman–Crippen LogP) is 1.79. The van der Waals surface area contributed by atoms with Crippen LogP contribution in [0.25, 0.3) is 10.9 Å². The first-order valence-electron chi connectivity index (χ1n) is 7.84. The lowest BCUT2D eigenvalue weighted by molar-refractivity contribution is 0.0508. The van der Waals surface area contributed by atoms with Gasteiger partial charge in [-0.3, -0.25) is 4.79 Å². The molecule has 1 aromatic carbocycles. The third-order valence-corrected chi connectivity index (χ3v) is 3.28. The fourth-order valence-corrected chi connectivity index (χ4v) is 2.19. The molecule has 1 amide bonds. The van der Waals surface area contributed by atoms with Gasteiger partial charge in [0.2, 0.25) is 0 Å². The van der Waals surface area contributed by atoms with Crippen LogP contribution in [-0.2, 0) is 4.74 Å². The van der Waals surface area contributed by atoms with Gasteiger partial charge in [-0.2, -0.15) is 0 Å². The highest BCUT2D eigenvalue weighted by molar-refractivity contribution is 5.79. The van der Waals surface area contributed by atoms with E-state index in [-0.39, 0.29) is 18.0 Å². The lowest BCUT2D eigenvalue weighted by Crippen LogP contribution is -2.46. The minimum atomic E-state index is -0.569. The number of H-pyrrole nitrogens is 1. The van der Waals surface area contributed by atoms with E-state index in [2.05, 4.69) is 15.6 Å². The molecule has 0 saturated carbocycles. The highest BCUT2D eigenvalue weighted by Crippen LogP contribution is 2.10. The highest BCUT2D eigenvalue weighted by Gasteiger charge is 2.18. The number of hydrogen-bond acceptors (Lipinski definition) is 5. The SMILES string of the molecule is CC(C)(C)OC(=O)NC(CN)CNc1cc(=O)c2ccccc2[nH]1. The van der Waals surface area contributed by atoms with Gasteiger partial charge in [0.05, 0.1) is 11.6 Å². The van der Waals surface area contributed by atoms with E-state index in [1.54, 1.807) is 26.8 Å². The number of ether oxygens (including phenoxy) is 1. The Balaban J connectivity index is 2.00. The van der Waals surface area contributed by atoms with Crippen molar-refractivity contribution in [2.75, 3.05) is 18.4 Å². The molecular weight excluding hydrogens is 308 g/mol. The van der Waals surface area contributed by atoms with E-state index in [9.17, 15) is 9.59 Å². The quantitative estimate of drug-likeness (QED) is 0.667. The second-order valence-electron chi connectivity index (χ2n) is 6.55. The Hall–Kier alpha value is -2.54. The Kier molecular flexibility index (Phi) is 5.46. The van der Waals surface area contributed by atoms with Crippen LogP contribution in [0.4, 0.5) is 10.6 Å². The number of anilines is 1. The number of aromatic nitrogens is 1. The number of hydrogen-bond donors (Lipinski definition) is 4. The Bertz CT molecular complexity index is 764. The number of pyridine rings is 1. The van der Waals surface area contributed by atoms with Crippen LogP contribution in [0.2, 0.25) is 0 Å². The van der Waals surface area contributed by atoms with Crippen molar-refractivity contribution in [2.24, 2.45) is 5.73 Å². The summed E-state index contributed by atoms with van der Waals surface area (Å²) in [5, 5.41) is 6.43. The molecule has 0 radical (unpaired) electrons. The number of carbonyl (C=O) groups excluding carboxylic acids is 1. The van der Waals surface area contributed by atoms with Crippen molar-refractivity contribution in [2.45, 2.75) is 32.4 Å². The van der Waals surface area contributed by atoms with Crippen molar-refractivity contribution in [3.8, 4) is 0 Å². The normalized spacial score (nSPS) is 12.7. The van der Waals surface area contributed by atoms with Gasteiger partial charge in [0, 0.05) is 24.5 Å². The van der Waals surface area contributed by atoms with E-state index in [0.717, 1.165) is 5.52 Å². The first-order chi connectivity index (χ1) is 11.3. The largest absolute Gasteiger partial charge is 0.444 e.